The van der Waals surface area contributed by atoms with Crippen LogP contribution >= 0.6 is 11.3 Å². The van der Waals surface area contributed by atoms with Gasteiger partial charge in [-0.3, -0.25) is 14.5 Å². The molecule has 0 spiro atoms. The molecular formula is C28H23FN2O4S. The third kappa shape index (κ3) is 4.35. The molecule has 1 aliphatic rings. The summed E-state index contributed by atoms with van der Waals surface area (Å²) in [5, 5.41) is 11.6. The number of unbranched alkanes of at least 4 members (excludes halogenated alkanes) is 1. The molecule has 6 nitrogen and oxygen atoms in total. The quantitative estimate of drug-likeness (QED) is 0.140. The molecule has 4 aromatic rings. The van der Waals surface area contributed by atoms with Crippen molar-refractivity contribution in [1.82, 2.24) is 4.98 Å². The van der Waals surface area contributed by atoms with Gasteiger partial charge < -0.3 is 9.84 Å². The van der Waals surface area contributed by atoms with Gasteiger partial charge in [-0.2, -0.15) is 0 Å². The first-order valence-corrected chi connectivity index (χ1v) is 12.4. The number of benzene rings is 3. The molecule has 1 aliphatic heterocycles. The Kier molecular flexibility index (Phi) is 6.52. The van der Waals surface area contributed by atoms with Crippen LogP contribution in [0.15, 0.2) is 78.4 Å². The second-order valence-corrected chi connectivity index (χ2v) is 9.43. The Morgan fingerprint density at radius 2 is 1.89 bits per heavy atom. The number of hydrogen-bond acceptors (Lipinski definition) is 6. The molecule has 0 aliphatic carbocycles. The first-order valence-electron chi connectivity index (χ1n) is 11.6. The number of aliphatic hydroxyl groups excluding tert-OH is 1. The molecule has 0 radical (unpaired) electrons. The van der Waals surface area contributed by atoms with Crippen LogP contribution in [0.25, 0.3) is 16.0 Å². The van der Waals surface area contributed by atoms with Crippen molar-refractivity contribution in [2.45, 2.75) is 25.8 Å². The second kappa shape index (κ2) is 9.91. The highest BCUT2D eigenvalue weighted by atomic mass is 32.1. The van der Waals surface area contributed by atoms with Crippen LogP contribution in [0.2, 0.25) is 0 Å². The number of hydrogen-bond donors (Lipinski definition) is 1. The van der Waals surface area contributed by atoms with Gasteiger partial charge in [-0.1, -0.05) is 67.1 Å². The number of nitrogens with zero attached hydrogens (tertiary/aromatic N) is 2. The minimum absolute atomic E-state index is 0.0395. The van der Waals surface area contributed by atoms with Crippen molar-refractivity contribution in [1.29, 1.82) is 0 Å². The maximum absolute atomic E-state index is 13.8. The third-order valence-electron chi connectivity index (χ3n) is 5.98. The van der Waals surface area contributed by atoms with E-state index < -0.39 is 23.5 Å². The molecule has 1 saturated heterocycles. The van der Waals surface area contributed by atoms with E-state index in [2.05, 4.69) is 11.9 Å². The topological polar surface area (TPSA) is 79.7 Å². The normalized spacial score (nSPS) is 17.2. The van der Waals surface area contributed by atoms with Crippen LogP contribution in [-0.4, -0.2) is 28.4 Å². The Bertz CT molecular complexity index is 1480. The summed E-state index contributed by atoms with van der Waals surface area (Å²) in [5.41, 5.74) is 1.48. The van der Waals surface area contributed by atoms with Crippen LogP contribution in [0.4, 0.5) is 9.52 Å². The molecule has 1 N–H and O–H groups in total. The number of halogens is 1. The number of ketones is 1. The molecule has 8 heteroatoms. The lowest BCUT2D eigenvalue weighted by atomic mass is 9.95. The summed E-state index contributed by atoms with van der Waals surface area (Å²) in [4.78, 5) is 32.4. The molecule has 1 unspecified atom stereocenters. The fraction of sp³-hybridized carbons (Fsp3) is 0.179. The van der Waals surface area contributed by atoms with Crippen molar-refractivity contribution in [3.63, 3.8) is 0 Å². The van der Waals surface area contributed by atoms with Gasteiger partial charge in [-0.05, 0) is 42.3 Å². The molecule has 0 saturated carbocycles. The van der Waals surface area contributed by atoms with E-state index in [1.54, 1.807) is 48.5 Å². The van der Waals surface area contributed by atoms with E-state index in [4.69, 9.17) is 4.74 Å². The van der Waals surface area contributed by atoms with Gasteiger partial charge >= 0.3 is 5.91 Å². The summed E-state index contributed by atoms with van der Waals surface area (Å²) in [5.74, 6) is -1.77. The number of carbonyl (C=O) groups excluding carboxylic acids is 2. The number of rotatable bonds is 7. The van der Waals surface area contributed by atoms with Crippen LogP contribution < -0.4 is 9.64 Å². The van der Waals surface area contributed by atoms with Crippen molar-refractivity contribution in [2.75, 3.05) is 11.5 Å². The van der Waals surface area contributed by atoms with Crippen LogP contribution in [-0.2, 0) is 9.59 Å². The standard InChI is InChI=1S/C28H23FN2O4S/c1-2-3-14-35-20-11-7-10-18(15-20)25(32)23-24(17-8-5-4-6-9-17)31(27(34)26(23)33)28-30-21-13-12-19(29)16-22(21)36-28/h4-13,15-16,24,32H,2-3,14H2,1H3. The maximum atomic E-state index is 13.8. The van der Waals surface area contributed by atoms with Crippen molar-refractivity contribution in [3.8, 4) is 5.75 Å². The molecule has 1 fully saturated rings. The summed E-state index contributed by atoms with van der Waals surface area (Å²) in [6.45, 7) is 2.60. The fourth-order valence-electron chi connectivity index (χ4n) is 4.19. The molecule has 0 bridgehead atoms. The maximum Gasteiger partial charge on any atom is 0.301 e. The Morgan fingerprint density at radius 3 is 2.67 bits per heavy atom. The number of thiazole rings is 1. The van der Waals surface area contributed by atoms with Crippen LogP contribution in [0.3, 0.4) is 0 Å². The predicted octanol–water partition coefficient (Wildman–Crippen LogP) is 6.24. The highest BCUT2D eigenvalue weighted by Crippen LogP contribution is 2.44. The van der Waals surface area contributed by atoms with Gasteiger partial charge in [-0.15, -0.1) is 0 Å². The van der Waals surface area contributed by atoms with Gasteiger partial charge in [0.1, 0.15) is 17.3 Å². The molecule has 2 heterocycles. The smallest absolute Gasteiger partial charge is 0.301 e. The number of anilines is 1. The molecular weight excluding hydrogens is 479 g/mol. The number of carbonyl (C=O) groups is 2. The zero-order valence-corrected chi connectivity index (χ0v) is 20.3. The summed E-state index contributed by atoms with van der Waals surface area (Å²) in [7, 11) is 0. The lowest BCUT2D eigenvalue weighted by molar-refractivity contribution is -0.132. The molecule has 1 amide bonds. The van der Waals surface area contributed by atoms with Crippen LogP contribution in [0.1, 0.15) is 36.9 Å². The zero-order valence-electron chi connectivity index (χ0n) is 19.5. The van der Waals surface area contributed by atoms with Crippen LogP contribution in [0.5, 0.6) is 5.75 Å². The SMILES string of the molecule is CCCCOc1cccc(C(O)=C2C(=O)C(=O)N(c3nc4ccc(F)cc4s3)C2c2ccccc2)c1. The van der Waals surface area contributed by atoms with E-state index >= 15 is 0 Å². The lowest BCUT2D eigenvalue weighted by Gasteiger charge is -2.23. The largest absolute Gasteiger partial charge is 0.507 e. The number of fused-ring (bicyclic) bond motifs is 1. The highest BCUT2D eigenvalue weighted by Gasteiger charge is 2.48. The summed E-state index contributed by atoms with van der Waals surface area (Å²) < 4.78 is 20.1. The van der Waals surface area contributed by atoms with E-state index in [-0.39, 0.29) is 16.5 Å². The van der Waals surface area contributed by atoms with Gasteiger partial charge in [0.05, 0.1) is 28.4 Å². The number of aliphatic hydroxyl groups is 1. The van der Waals surface area contributed by atoms with Gasteiger partial charge in [0.15, 0.2) is 5.13 Å². The molecule has 182 valence electrons. The van der Waals surface area contributed by atoms with E-state index in [0.717, 1.165) is 24.2 Å². The number of Topliss-reactive ketones (excluding diaryl/α,β-unsaturated/α-hetero) is 1. The molecule has 1 aromatic heterocycles. The third-order valence-corrected chi connectivity index (χ3v) is 7.00. The molecule has 1 atom stereocenters. The Balaban J connectivity index is 1.63. The minimum Gasteiger partial charge on any atom is -0.507 e. The molecule has 5 rings (SSSR count). The van der Waals surface area contributed by atoms with Crippen molar-refractivity contribution in [3.05, 3.63) is 95.3 Å². The zero-order chi connectivity index (χ0) is 25.2. The number of aromatic nitrogens is 1. The fourth-order valence-corrected chi connectivity index (χ4v) is 5.21. The lowest BCUT2D eigenvalue weighted by Crippen LogP contribution is -2.29. The van der Waals surface area contributed by atoms with Crippen LogP contribution in [0, 0.1) is 5.82 Å². The second-order valence-electron chi connectivity index (χ2n) is 8.42. The van der Waals surface area contributed by atoms with Gasteiger partial charge in [0, 0.05) is 5.56 Å². The Labute approximate surface area is 211 Å². The van der Waals surface area contributed by atoms with E-state index in [1.807, 2.05) is 6.07 Å². The summed E-state index contributed by atoms with van der Waals surface area (Å²) in [6, 6.07) is 19.1. The van der Waals surface area contributed by atoms with Crippen molar-refractivity contribution >= 4 is 44.1 Å². The Morgan fingerprint density at radius 1 is 1.08 bits per heavy atom. The summed E-state index contributed by atoms with van der Waals surface area (Å²) >= 11 is 1.11. The average Bonchev–Trinajstić information content (AvgIpc) is 3.42. The van der Waals surface area contributed by atoms with E-state index in [0.29, 0.717) is 33.7 Å². The van der Waals surface area contributed by atoms with Crippen molar-refractivity contribution in [2.24, 2.45) is 0 Å². The predicted molar refractivity (Wildman–Crippen MR) is 138 cm³/mol. The van der Waals surface area contributed by atoms with Gasteiger partial charge in [-0.25, -0.2) is 9.37 Å². The van der Waals surface area contributed by atoms with E-state index in [9.17, 15) is 19.1 Å². The molecule has 36 heavy (non-hydrogen) atoms. The Hall–Kier alpha value is -4.04. The van der Waals surface area contributed by atoms with Crippen molar-refractivity contribution < 1.29 is 23.8 Å². The monoisotopic (exact) mass is 502 g/mol. The number of amides is 1. The average molecular weight is 503 g/mol. The number of ether oxygens (including phenoxy) is 1. The molecule has 3 aromatic carbocycles. The highest BCUT2D eigenvalue weighted by molar-refractivity contribution is 7.22. The minimum atomic E-state index is -0.902. The first kappa shape index (κ1) is 23.7. The van der Waals surface area contributed by atoms with E-state index in [1.165, 1.54) is 23.1 Å². The summed E-state index contributed by atoms with van der Waals surface area (Å²) in [6.07, 6.45) is 1.87. The van der Waals surface area contributed by atoms with Gasteiger partial charge in [0.25, 0.3) is 5.78 Å². The van der Waals surface area contributed by atoms with Gasteiger partial charge in [0.2, 0.25) is 0 Å². The first-order chi connectivity index (χ1) is 17.5.